The molecule has 1 N–H and O–H groups in total. The van der Waals surface area contributed by atoms with Gasteiger partial charge in [-0.25, -0.2) is 0 Å². The molecule has 1 atom stereocenters. The van der Waals surface area contributed by atoms with E-state index < -0.39 is 0 Å². The number of nitrogens with one attached hydrogen (secondary N) is 1. The van der Waals surface area contributed by atoms with Gasteiger partial charge in [-0.15, -0.1) is 0 Å². The van der Waals surface area contributed by atoms with Gasteiger partial charge < -0.3 is 15.0 Å². The Bertz CT molecular complexity index is 776. The van der Waals surface area contributed by atoms with E-state index in [1.165, 1.54) is 5.56 Å². The maximum Gasteiger partial charge on any atom is 0.246 e. The van der Waals surface area contributed by atoms with Crippen LogP contribution in [-0.2, 0) is 11.2 Å². The van der Waals surface area contributed by atoms with Gasteiger partial charge in [0.15, 0.2) is 0 Å². The fourth-order valence-electron chi connectivity index (χ4n) is 3.07. The Hall–Kier alpha value is -2.20. The molecule has 0 saturated carbocycles. The van der Waals surface area contributed by atoms with Crippen molar-refractivity contribution >= 4 is 28.9 Å². The number of halogens is 1. The summed E-state index contributed by atoms with van der Waals surface area (Å²) in [5.74, 6) is 0.500. The Kier molecular flexibility index (Phi) is 4.67. The molecule has 0 radical (unpaired) electrons. The molecule has 0 unspecified atom stereocenters. The molecular weight excluding hydrogens is 324 g/mol. The highest BCUT2D eigenvalue weighted by atomic mass is 35.5. The Morgan fingerprint density at radius 2 is 2.08 bits per heavy atom. The lowest BCUT2D eigenvalue weighted by Gasteiger charge is -2.26. The number of rotatable bonds is 4. The van der Waals surface area contributed by atoms with E-state index in [1.54, 1.807) is 13.2 Å². The van der Waals surface area contributed by atoms with Gasteiger partial charge in [-0.2, -0.15) is 0 Å². The Labute approximate surface area is 147 Å². The summed E-state index contributed by atoms with van der Waals surface area (Å²) in [5.41, 5.74) is 3.96. The first-order valence-corrected chi connectivity index (χ1v) is 8.38. The predicted octanol–water partition coefficient (Wildman–Crippen LogP) is 4.05. The number of nitrogens with zero attached hydrogens (tertiary/aromatic N) is 1. The molecule has 2 aromatic rings. The number of carbonyl (C=O) groups is 1. The van der Waals surface area contributed by atoms with Gasteiger partial charge >= 0.3 is 0 Å². The first-order chi connectivity index (χ1) is 11.5. The first kappa shape index (κ1) is 16.7. The standard InChI is InChI=1S/C19H21ClN2O2/c1-12-10-16(18(24-3)11-15(12)20)21-19(23)13(2)22-9-8-14-6-4-5-7-17(14)22/h4-7,10-11,13H,8-9H2,1-3H3,(H,21,23)/t13-/m1/s1. The Morgan fingerprint density at radius 3 is 2.83 bits per heavy atom. The molecule has 0 fully saturated rings. The Morgan fingerprint density at radius 1 is 1.33 bits per heavy atom. The number of amides is 1. The van der Waals surface area contributed by atoms with Gasteiger partial charge in [-0.3, -0.25) is 4.79 Å². The van der Waals surface area contributed by atoms with Crippen molar-refractivity contribution in [1.82, 2.24) is 0 Å². The minimum Gasteiger partial charge on any atom is -0.495 e. The maximum absolute atomic E-state index is 12.7. The Balaban J connectivity index is 1.80. The van der Waals surface area contributed by atoms with E-state index in [0.29, 0.717) is 16.5 Å². The van der Waals surface area contributed by atoms with Crippen LogP contribution in [0.5, 0.6) is 5.75 Å². The molecule has 0 aromatic heterocycles. The number of hydrogen-bond acceptors (Lipinski definition) is 3. The summed E-state index contributed by atoms with van der Waals surface area (Å²) < 4.78 is 5.33. The normalized spacial score (nSPS) is 14.2. The lowest BCUT2D eigenvalue weighted by atomic mass is 10.1. The summed E-state index contributed by atoms with van der Waals surface area (Å²) in [7, 11) is 1.57. The number of benzene rings is 2. The maximum atomic E-state index is 12.7. The largest absolute Gasteiger partial charge is 0.495 e. The molecule has 0 aliphatic carbocycles. The number of methoxy groups -OCH3 is 1. The summed E-state index contributed by atoms with van der Waals surface area (Å²) in [6.45, 7) is 4.68. The monoisotopic (exact) mass is 344 g/mol. The average Bonchev–Trinajstić information content (AvgIpc) is 3.01. The number of hydrogen-bond donors (Lipinski definition) is 1. The summed E-state index contributed by atoms with van der Waals surface area (Å²) >= 11 is 6.12. The van der Waals surface area contributed by atoms with Crippen molar-refractivity contribution in [1.29, 1.82) is 0 Å². The average molecular weight is 345 g/mol. The minimum absolute atomic E-state index is 0.0632. The van der Waals surface area contributed by atoms with E-state index in [2.05, 4.69) is 22.3 Å². The van der Waals surface area contributed by atoms with E-state index in [-0.39, 0.29) is 11.9 Å². The highest BCUT2D eigenvalue weighted by molar-refractivity contribution is 6.31. The van der Waals surface area contributed by atoms with Crippen LogP contribution >= 0.6 is 11.6 Å². The van der Waals surface area contributed by atoms with E-state index in [1.807, 2.05) is 32.0 Å². The van der Waals surface area contributed by atoms with Crippen molar-refractivity contribution in [3.8, 4) is 5.75 Å². The molecule has 1 aliphatic heterocycles. The SMILES string of the molecule is COc1cc(Cl)c(C)cc1NC(=O)[C@@H](C)N1CCc2ccccc21. The first-order valence-electron chi connectivity index (χ1n) is 8.01. The summed E-state index contributed by atoms with van der Waals surface area (Å²) in [5, 5.41) is 3.59. The van der Waals surface area contributed by atoms with Crippen LogP contribution in [0.1, 0.15) is 18.1 Å². The third kappa shape index (κ3) is 3.06. The fraction of sp³-hybridized carbons (Fsp3) is 0.316. The second-order valence-corrected chi connectivity index (χ2v) is 6.45. The molecular formula is C19H21ClN2O2. The van der Waals surface area contributed by atoms with Gasteiger partial charge in [-0.05, 0) is 43.5 Å². The molecule has 0 spiro atoms. The summed E-state index contributed by atoms with van der Waals surface area (Å²) in [4.78, 5) is 14.9. The number of anilines is 2. The third-order valence-corrected chi connectivity index (χ3v) is 4.92. The van der Waals surface area contributed by atoms with E-state index >= 15 is 0 Å². The number of para-hydroxylation sites is 1. The zero-order valence-electron chi connectivity index (χ0n) is 14.1. The van der Waals surface area contributed by atoms with Gasteiger partial charge in [0.05, 0.1) is 12.8 Å². The summed E-state index contributed by atoms with van der Waals surface area (Å²) in [6.07, 6.45) is 0.969. The van der Waals surface area contributed by atoms with E-state index in [4.69, 9.17) is 16.3 Å². The van der Waals surface area contributed by atoms with Crippen LogP contribution in [0.2, 0.25) is 5.02 Å². The van der Waals surface area contributed by atoms with Crippen LogP contribution in [0.4, 0.5) is 11.4 Å². The zero-order valence-corrected chi connectivity index (χ0v) is 14.9. The number of fused-ring (bicyclic) bond motifs is 1. The smallest absolute Gasteiger partial charge is 0.246 e. The molecule has 1 aliphatic rings. The van der Waals surface area contributed by atoms with Crippen LogP contribution in [-0.4, -0.2) is 25.6 Å². The second-order valence-electron chi connectivity index (χ2n) is 6.04. The molecule has 24 heavy (non-hydrogen) atoms. The minimum atomic E-state index is -0.269. The fourth-order valence-corrected chi connectivity index (χ4v) is 3.23. The molecule has 1 heterocycles. The van der Waals surface area contributed by atoms with Gasteiger partial charge in [0.25, 0.3) is 0 Å². The van der Waals surface area contributed by atoms with Gasteiger partial charge in [0, 0.05) is 23.3 Å². The molecule has 4 nitrogen and oxygen atoms in total. The van der Waals surface area contributed by atoms with Crippen molar-refractivity contribution in [2.24, 2.45) is 0 Å². The molecule has 2 aromatic carbocycles. The third-order valence-electron chi connectivity index (χ3n) is 4.51. The van der Waals surface area contributed by atoms with E-state index in [0.717, 1.165) is 24.2 Å². The van der Waals surface area contributed by atoms with Crippen LogP contribution < -0.4 is 15.0 Å². The quantitative estimate of drug-likeness (QED) is 0.909. The van der Waals surface area contributed by atoms with Crippen LogP contribution in [0.3, 0.4) is 0 Å². The van der Waals surface area contributed by atoms with Crippen LogP contribution in [0.25, 0.3) is 0 Å². The van der Waals surface area contributed by atoms with Crippen molar-refractivity contribution in [3.63, 3.8) is 0 Å². The van der Waals surface area contributed by atoms with Crippen molar-refractivity contribution in [2.75, 3.05) is 23.9 Å². The lowest BCUT2D eigenvalue weighted by Crippen LogP contribution is -2.41. The van der Waals surface area contributed by atoms with E-state index in [9.17, 15) is 4.79 Å². The second kappa shape index (κ2) is 6.73. The van der Waals surface area contributed by atoms with Crippen LogP contribution in [0, 0.1) is 6.92 Å². The predicted molar refractivity (Wildman–Crippen MR) is 98.3 cm³/mol. The molecule has 0 saturated heterocycles. The van der Waals surface area contributed by atoms with Gasteiger partial charge in [0.2, 0.25) is 5.91 Å². The summed E-state index contributed by atoms with van der Waals surface area (Å²) in [6, 6.07) is 11.5. The number of aryl methyl sites for hydroxylation is 1. The number of ether oxygens (including phenoxy) is 1. The molecule has 126 valence electrons. The molecule has 3 rings (SSSR count). The number of carbonyl (C=O) groups excluding carboxylic acids is 1. The van der Waals surface area contributed by atoms with Crippen molar-refractivity contribution in [2.45, 2.75) is 26.3 Å². The van der Waals surface area contributed by atoms with Crippen molar-refractivity contribution < 1.29 is 9.53 Å². The van der Waals surface area contributed by atoms with Gasteiger partial charge in [-0.1, -0.05) is 29.8 Å². The molecule has 0 bridgehead atoms. The van der Waals surface area contributed by atoms with Gasteiger partial charge in [0.1, 0.15) is 11.8 Å². The topological polar surface area (TPSA) is 41.6 Å². The van der Waals surface area contributed by atoms with Crippen LogP contribution in [0.15, 0.2) is 36.4 Å². The molecule has 5 heteroatoms. The lowest BCUT2D eigenvalue weighted by molar-refractivity contribution is -0.117. The highest BCUT2D eigenvalue weighted by Crippen LogP contribution is 2.32. The van der Waals surface area contributed by atoms with Crippen molar-refractivity contribution in [3.05, 3.63) is 52.5 Å². The zero-order chi connectivity index (χ0) is 17.3. The highest BCUT2D eigenvalue weighted by Gasteiger charge is 2.27. The molecule has 1 amide bonds.